The fourth-order valence-corrected chi connectivity index (χ4v) is 4.09. The minimum Gasteiger partial charge on any atom is -0.152 e. The zero-order chi connectivity index (χ0) is 18.3. The lowest BCUT2D eigenvalue weighted by molar-refractivity contribution is 1.36. The highest BCUT2D eigenvalue weighted by Crippen LogP contribution is 2.24. The first-order chi connectivity index (χ1) is 13.4. The maximum Gasteiger partial charge on any atom is 0.0187 e. The summed E-state index contributed by atoms with van der Waals surface area (Å²) in [5.41, 5.74) is 7.85. The van der Waals surface area contributed by atoms with Gasteiger partial charge in [-0.2, -0.15) is 11.8 Å². The fourth-order valence-electron chi connectivity index (χ4n) is 3.13. The minimum absolute atomic E-state index is 1.04. The summed E-state index contributed by atoms with van der Waals surface area (Å²) in [7, 11) is 0. The number of benzene rings is 4. The Morgan fingerprint density at radius 2 is 0.704 bits per heavy atom. The molecule has 0 saturated carbocycles. The molecule has 0 atom stereocenters. The number of thioether (sulfide) groups is 1. The summed E-state index contributed by atoms with van der Waals surface area (Å²) in [6.45, 7) is 0. The quantitative estimate of drug-likeness (QED) is 0.341. The predicted octanol–water partition coefficient (Wildman–Crippen LogP) is 7.45. The summed E-state index contributed by atoms with van der Waals surface area (Å²) < 4.78 is 0. The lowest BCUT2D eigenvalue weighted by atomic mass is 10.0. The zero-order valence-electron chi connectivity index (χ0n) is 15.2. The molecule has 132 valence electrons. The molecular formula is C26H22S. The van der Waals surface area contributed by atoms with Crippen LogP contribution in [-0.4, -0.2) is 0 Å². The highest BCUT2D eigenvalue weighted by Gasteiger charge is 2.00. The Morgan fingerprint density at radius 1 is 0.370 bits per heavy atom. The molecule has 1 heteroatoms. The lowest BCUT2D eigenvalue weighted by Gasteiger charge is -2.06. The van der Waals surface area contributed by atoms with Crippen LogP contribution in [0.25, 0.3) is 22.3 Å². The second-order valence-electron chi connectivity index (χ2n) is 6.62. The van der Waals surface area contributed by atoms with Crippen LogP contribution in [0.1, 0.15) is 11.1 Å². The van der Waals surface area contributed by atoms with Crippen LogP contribution in [0.2, 0.25) is 0 Å². The summed E-state index contributed by atoms with van der Waals surface area (Å²) in [6.07, 6.45) is 0. The van der Waals surface area contributed by atoms with Crippen LogP contribution < -0.4 is 0 Å². The Labute approximate surface area is 165 Å². The van der Waals surface area contributed by atoms with E-state index >= 15 is 0 Å². The van der Waals surface area contributed by atoms with Crippen LogP contribution in [0.4, 0.5) is 0 Å². The van der Waals surface area contributed by atoms with E-state index in [1.807, 2.05) is 11.8 Å². The third kappa shape index (κ3) is 4.69. The Bertz CT molecular complexity index is 873. The summed E-state index contributed by atoms with van der Waals surface area (Å²) in [5, 5.41) is 0. The fraction of sp³-hybridized carbons (Fsp3) is 0.0769. The smallest absolute Gasteiger partial charge is 0.0187 e. The van der Waals surface area contributed by atoms with E-state index in [0.29, 0.717) is 0 Å². The van der Waals surface area contributed by atoms with Gasteiger partial charge in [0.25, 0.3) is 0 Å². The second kappa shape index (κ2) is 8.75. The molecular weight excluding hydrogens is 344 g/mol. The van der Waals surface area contributed by atoms with E-state index in [4.69, 9.17) is 0 Å². The van der Waals surface area contributed by atoms with Crippen molar-refractivity contribution in [2.24, 2.45) is 0 Å². The van der Waals surface area contributed by atoms with Gasteiger partial charge in [-0.1, -0.05) is 109 Å². The third-order valence-corrected chi connectivity index (χ3v) is 5.73. The van der Waals surface area contributed by atoms with Crippen molar-refractivity contribution in [2.75, 3.05) is 0 Å². The molecule has 0 heterocycles. The van der Waals surface area contributed by atoms with Crippen LogP contribution >= 0.6 is 11.8 Å². The second-order valence-corrected chi connectivity index (χ2v) is 7.60. The molecule has 0 aliphatic heterocycles. The maximum atomic E-state index is 2.24. The lowest BCUT2D eigenvalue weighted by Crippen LogP contribution is -1.85. The molecule has 0 fully saturated rings. The van der Waals surface area contributed by atoms with Gasteiger partial charge in [-0.05, 0) is 33.4 Å². The molecule has 0 saturated heterocycles. The van der Waals surface area contributed by atoms with E-state index in [0.717, 1.165) is 11.5 Å². The Kier molecular flexibility index (Phi) is 5.71. The maximum absolute atomic E-state index is 2.24. The van der Waals surface area contributed by atoms with Gasteiger partial charge in [-0.15, -0.1) is 0 Å². The molecule has 4 aromatic rings. The summed E-state index contributed by atoms with van der Waals surface area (Å²) in [5.74, 6) is 2.07. The summed E-state index contributed by atoms with van der Waals surface area (Å²) in [4.78, 5) is 0. The van der Waals surface area contributed by atoms with Gasteiger partial charge < -0.3 is 0 Å². The first-order valence-corrected chi connectivity index (χ1v) is 10.4. The summed E-state index contributed by atoms with van der Waals surface area (Å²) >= 11 is 1.96. The monoisotopic (exact) mass is 366 g/mol. The van der Waals surface area contributed by atoms with E-state index in [2.05, 4.69) is 109 Å². The van der Waals surface area contributed by atoms with Crippen LogP contribution in [0, 0.1) is 0 Å². The van der Waals surface area contributed by atoms with Crippen molar-refractivity contribution in [2.45, 2.75) is 11.5 Å². The highest BCUT2D eigenvalue weighted by atomic mass is 32.2. The molecule has 27 heavy (non-hydrogen) atoms. The van der Waals surface area contributed by atoms with Crippen LogP contribution in [0.5, 0.6) is 0 Å². The minimum atomic E-state index is 1.04. The molecule has 4 aromatic carbocycles. The molecule has 0 amide bonds. The average molecular weight is 367 g/mol. The normalized spacial score (nSPS) is 10.7. The standard InChI is InChI=1S/C26H22S/c1-3-7-23(8-4-1)25-15-11-21(12-16-25)19-27-20-22-13-17-26(18-14-22)24-9-5-2-6-10-24/h1-18H,19-20H2. The number of hydrogen-bond donors (Lipinski definition) is 0. The van der Waals surface area contributed by atoms with Crippen molar-refractivity contribution < 1.29 is 0 Å². The van der Waals surface area contributed by atoms with Crippen molar-refractivity contribution in [3.63, 3.8) is 0 Å². The molecule has 0 unspecified atom stereocenters. The van der Waals surface area contributed by atoms with E-state index in [-0.39, 0.29) is 0 Å². The van der Waals surface area contributed by atoms with E-state index in [1.165, 1.54) is 33.4 Å². The van der Waals surface area contributed by atoms with Gasteiger partial charge in [-0.25, -0.2) is 0 Å². The number of rotatable bonds is 6. The van der Waals surface area contributed by atoms with Gasteiger partial charge in [0.1, 0.15) is 0 Å². The predicted molar refractivity (Wildman–Crippen MR) is 119 cm³/mol. The van der Waals surface area contributed by atoms with Gasteiger partial charge in [0.15, 0.2) is 0 Å². The molecule has 0 spiro atoms. The van der Waals surface area contributed by atoms with Crippen molar-refractivity contribution in [1.29, 1.82) is 0 Å². The van der Waals surface area contributed by atoms with E-state index < -0.39 is 0 Å². The Balaban J connectivity index is 1.32. The zero-order valence-corrected chi connectivity index (χ0v) is 16.0. The highest BCUT2D eigenvalue weighted by molar-refractivity contribution is 7.97. The molecule has 0 bridgehead atoms. The van der Waals surface area contributed by atoms with Crippen LogP contribution in [-0.2, 0) is 11.5 Å². The van der Waals surface area contributed by atoms with Gasteiger partial charge in [0, 0.05) is 11.5 Å². The van der Waals surface area contributed by atoms with Crippen molar-refractivity contribution in [3.8, 4) is 22.3 Å². The average Bonchev–Trinajstić information content (AvgIpc) is 2.76. The topological polar surface area (TPSA) is 0 Å². The molecule has 0 nitrogen and oxygen atoms in total. The van der Waals surface area contributed by atoms with E-state index in [9.17, 15) is 0 Å². The van der Waals surface area contributed by atoms with Gasteiger partial charge in [0.05, 0.1) is 0 Å². The van der Waals surface area contributed by atoms with Crippen molar-refractivity contribution in [3.05, 3.63) is 120 Å². The molecule has 4 rings (SSSR count). The number of hydrogen-bond acceptors (Lipinski definition) is 1. The van der Waals surface area contributed by atoms with Gasteiger partial charge >= 0.3 is 0 Å². The molecule has 0 aliphatic rings. The van der Waals surface area contributed by atoms with Crippen molar-refractivity contribution >= 4 is 11.8 Å². The van der Waals surface area contributed by atoms with Gasteiger partial charge in [-0.3, -0.25) is 0 Å². The van der Waals surface area contributed by atoms with Crippen LogP contribution in [0.3, 0.4) is 0 Å². The summed E-state index contributed by atoms with van der Waals surface area (Å²) in [6, 6.07) is 38.9. The molecule has 0 aliphatic carbocycles. The Morgan fingerprint density at radius 3 is 1.07 bits per heavy atom. The first kappa shape index (κ1) is 17.6. The first-order valence-electron chi connectivity index (χ1n) is 9.25. The largest absolute Gasteiger partial charge is 0.152 e. The van der Waals surface area contributed by atoms with Gasteiger partial charge in [0.2, 0.25) is 0 Å². The van der Waals surface area contributed by atoms with Crippen molar-refractivity contribution in [1.82, 2.24) is 0 Å². The third-order valence-electron chi connectivity index (χ3n) is 4.66. The Hall–Kier alpha value is -2.77. The molecule has 0 aromatic heterocycles. The van der Waals surface area contributed by atoms with E-state index in [1.54, 1.807) is 0 Å². The molecule has 0 radical (unpaired) electrons. The van der Waals surface area contributed by atoms with Crippen LogP contribution in [0.15, 0.2) is 109 Å². The SMILES string of the molecule is c1ccc(-c2ccc(CSCc3ccc(-c4ccccc4)cc3)cc2)cc1. The molecule has 0 N–H and O–H groups in total.